The van der Waals surface area contributed by atoms with Crippen molar-refractivity contribution in [3.8, 4) is 22.6 Å². The number of rotatable bonds is 5. The summed E-state index contributed by atoms with van der Waals surface area (Å²) in [6.45, 7) is 3.61. The lowest BCUT2D eigenvalue weighted by Gasteiger charge is -2.37. The molecule has 1 aliphatic rings. The molecule has 0 saturated carbocycles. The molecule has 0 amide bonds. The first-order chi connectivity index (χ1) is 15.5. The summed E-state index contributed by atoms with van der Waals surface area (Å²) in [6, 6.07) is 13.7. The Hall–Kier alpha value is -2.62. The Labute approximate surface area is 187 Å². The standard InChI is InChI=1S/C23H26N2O5.CH4O/c1-3-17-18(14-7-9-15(10-8-14)23-25-24-13(2)29-23)5-4-6-19(17)22-21(28)20(27)11-16(12-26)30-22;1-2/h4-10,16,20-22,26-28H,3,11-12H2,1-2H3;2H,1H3/t16?,20?,21?,22-;/m1./s1. The quantitative estimate of drug-likeness (QED) is 0.474. The molecule has 3 aromatic rings. The zero-order valence-electron chi connectivity index (χ0n) is 18.5. The molecule has 3 unspecified atom stereocenters. The second-order valence-corrected chi connectivity index (χ2v) is 7.59. The van der Waals surface area contributed by atoms with E-state index in [1.165, 1.54) is 0 Å². The highest BCUT2D eigenvalue weighted by Gasteiger charge is 2.38. The molecule has 4 atom stereocenters. The molecule has 1 saturated heterocycles. The fraction of sp³-hybridized carbons (Fsp3) is 0.417. The summed E-state index contributed by atoms with van der Waals surface area (Å²) >= 11 is 0. The van der Waals surface area contributed by atoms with E-state index >= 15 is 0 Å². The molecule has 32 heavy (non-hydrogen) atoms. The molecular weight excluding hydrogens is 412 g/mol. The monoisotopic (exact) mass is 442 g/mol. The molecule has 1 aromatic heterocycles. The molecule has 2 heterocycles. The van der Waals surface area contributed by atoms with Gasteiger partial charge in [0.15, 0.2) is 0 Å². The maximum Gasteiger partial charge on any atom is 0.247 e. The molecule has 0 aliphatic carbocycles. The lowest BCUT2D eigenvalue weighted by molar-refractivity contribution is -0.179. The van der Waals surface area contributed by atoms with Crippen molar-refractivity contribution in [3.05, 3.63) is 59.5 Å². The number of ether oxygens (including phenoxy) is 1. The average molecular weight is 443 g/mol. The number of hydrogen-bond donors (Lipinski definition) is 4. The van der Waals surface area contributed by atoms with Crippen molar-refractivity contribution in [1.82, 2.24) is 10.2 Å². The average Bonchev–Trinajstić information content (AvgIpc) is 3.28. The van der Waals surface area contributed by atoms with Crippen LogP contribution < -0.4 is 0 Å². The molecule has 2 aromatic carbocycles. The smallest absolute Gasteiger partial charge is 0.247 e. The van der Waals surface area contributed by atoms with Gasteiger partial charge in [0.2, 0.25) is 11.8 Å². The van der Waals surface area contributed by atoms with Crippen LogP contribution in [0.3, 0.4) is 0 Å². The van der Waals surface area contributed by atoms with Gasteiger partial charge in [-0.15, -0.1) is 10.2 Å². The molecule has 4 N–H and O–H groups in total. The third kappa shape index (κ3) is 4.90. The maximum absolute atomic E-state index is 10.6. The van der Waals surface area contributed by atoms with E-state index in [0.29, 0.717) is 11.8 Å². The summed E-state index contributed by atoms with van der Waals surface area (Å²) in [5.41, 5.74) is 4.75. The predicted molar refractivity (Wildman–Crippen MR) is 119 cm³/mol. The number of aliphatic hydroxyl groups excluding tert-OH is 4. The summed E-state index contributed by atoms with van der Waals surface area (Å²) in [4.78, 5) is 0. The Morgan fingerprint density at radius 1 is 1.00 bits per heavy atom. The van der Waals surface area contributed by atoms with Gasteiger partial charge in [-0.1, -0.05) is 37.3 Å². The van der Waals surface area contributed by atoms with E-state index < -0.39 is 24.4 Å². The van der Waals surface area contributed by atoms with E-state index in [-0.39, 0.29) is 13.0 Å². The van der Waals surface area contributed by atoms with Gasteiger partial charge in [0, 0.05) is 26.0 Å². The topological polar surface area (TPSA) is 129 Å². The second kappa shape index (κ2) is 10.8. The van der Waals surface area contributed by atoms with Gasteiger partial charge < -0.3 is 29.6 Å². The first kappa shape index (κ1) is 24.0. The largest absolute Gasteiger partial charge is 0.421 e. The van der Waals surface area contributed by atoms with Gasteiger partial charge in [0.25, 0.3) is 0 Å². The van der Waals surface area contributed by atoms with Gasteiger partial charge in [0.1, 0.15) is 12.2 Å². The van der Waals surface area contributed by atoms with Crippen LogP contribution in [-0.4, -0.2) is 62.7 Å². The van der Waals surface area contributed by atoms with Crippen LogP contribution in [0.4, 0.5) is 0 Å². The number of aliphatic hydroxyl groups is 4. The Kier molecular flexibility index (Phi) is 8.11. The van der Waals surface area contributed by atoms with Crippen molar-refractivity contribution in [1.29, 1.82) is 0 Å². The van der Waals surface area contributed by atoms with Crippen LogP contribution >= 0.6 is 0 Å². The zero-order valence-corrected chi connectivity index (χ0v) is 18.5. The summed E-state index contributed by atoms with van der Waals surface area (Å²) in [7, 11) is 1.00. The Balaban J connectivity index is 0.00000141. The van der Waals surface area contributed by atoms with Crippen LogP contribution in [-0.2, 0) is 11.2 Å². The van der Waals surface area contributed by atoms with Crippen molar-refractivity contribution in [2.24, 2.45) is 0 Å². The summed E-state index contributed by atoms with van der Waals surface area (Å²) in [6.07, 6.45) is -2.24. The Morgan fingerprint density at radius 3 is 2.28 bits per heavy atom. The fourth-order valence-electron chi connectivity index (χ4n) is 4.07. The van der Waals surface area contributed by atoms with E-state index in [1.54, 1.807) is 6.92 Å². The molecule has 4 rings (SSSR count). The van der Waals surface area contributed by atoms with Gasteiger partial charge in [-0.05, 0) is 40.8 Å². The SMILES string of the molecule is CCc1c(-c2ccc(-c3nnc(C)o3)cc2)cccc1[C@H]1OC(CO)CC(O)C1O.CO. The molecule has 0 radical (unpaired) electrons. The molecule has 172 valence electrons. The lowest BCUT2D eigenvalue weighted by atomic mass is 9.86. The molecule has 1 fully saturated rings. The Bertz CT molecular complexity index is 1000. The first-order valence-corrected chi connectivity index (χ1v) is 10.6. The van der Waals surface area contributed by atoms with Crippen LogP contribution in [0.25, 0.3) is 22.6 Å². The number of nitrogens with zero attached hydrogens (tertiary/aromatic N) is 2. The normalized spacial score (nSPS) is 22.8. The molecule has 1 aliphatic heterocycles. The molecule has 0 spiro atoms. The summed E-state index contributed by atoms with van der Waals surface area (Å²) < 4.78 is 11.4. The van der Waals surface area contributed by atoms with Gasteiger partial charge in [-0.25, -0.2) is 0 Å². The van der Waals surface area contributed by atoms with Crippen LogP contribution in [0.2, 0.25) is 0 Å². The van der Waals surface area contributed by atoms with E-state index in [4.69, 9.17) is 14.3 Å². The molecule has 8 nitrogen and oxygen atoms in total. The second-order valence-electron chi connectivity index (χ2n) is 7.59. The minimum absolute atomic E-state index is 0.196. The van der Waals surface area contributed by atoms with Crippen LogP contribution in [0.5, 0.6) is 0 Å². The number of aromatic nitrogens is 2. The highest BCUT2D eigenvalue weighted by Crippen LogP contribution is 2.37. The van der Waals surface area contributed by atoms with E-state index in [0.717, 1.165) is 41.3 Å². The van der Waals surface area contributed by atoms with Gasteiger partial charge in [0.05, 0.1) is 18.8 Å². The summed E-state index contributed by atoms with van der Waals surface area (Å²) in [5.74, 6) is 0.996. The van der Waals surface area contributed by atoms with Crippen molar-refractivity contribution in [2.45, 2.75) is 51.1 Å². The minimum atomic E-state index is -1.04. The lowest BCUT2D eigenvalue weighted by Crippen LogP contribution is -2.44. The van der Waals surface area contributed by atoms with Crippen LogP contribution in [0.1, 0.15) is 36.5 Å². The summed E-state index contributed by atoms with van der Waals surface area (Å²) in [5, 5.41) is 45.2. The zero-order chi connectivity index (χ0) is 23.3. The van der Waals surface area contributed by atoms with Gasteiger partial charge >= 0.3 is 0 Å². The molecule has 8 heteroatoms. The predicted octanol–water partition coefficient (Wildman–Crippen LogP) is 2.43. The molecular formula is C24H30N2O6. The van der Waals surface area contributed by atoms with Crippen molar-refractivity contribution < 1.29 is 29.6 Å². The van der Waals surface area contributed by atoms with E-state index in [9.17, 15) is 15.3 Å². The van der Waals surface area contributed by atoms with Crippen LogP contribution in [0, 0.1) is 6.92 Å². The fourth-order valence-corrected chi connectivity index (χ4v) is 4.07. The number of benzene rings is 2. The minimum Gasteiger partial charge on any atom is -0.421 e. The number of hydrogen-bond acceptors (Lipinski definition) is 8. The maximum atomic E-state index is 10.6. The number of aryl methyl sites for hydroxylation is 1. The molecule has 0 bridgehead atoms. The van der Waals surface area contributed by atoms with E-state index in [1.807, 2.05) is 49.4 Å². The Morgan fingerprint density at radius 2 is 1.69 bits per heavy atom. The van der Waals surface area contributed by atoms with Crippen molar-refractivity contribution in [2.75, 3.05) is 13.7 Å². The van der Waals surface area contributed by atoms with E-state index in [2.05, 4.69) is 10.2 Å². The van der Waals surface area contributed by atoms with Gasteiger partial charge in [-0.3, -0.25) is 0 Å². The first-order valence-electron chi connectivity index (χ1n) is 10.6. The van der Waals surface area contributed by atoms with Gasteiger partial charge in [-0.2, -0.15) is 0 Å². The highest BCUT2D eigenvalue weighted by atomic mass is 16.5. The third-order valence-electron chi connectivity index (χ3n) is 5.59. The van der Waals surface area contributed by atoms with Crippen molar-refractivity contribution >= 4 is 0 Å². The van der Waals surface area contributed by atoms with Crippen molar-refractivity contribution in [3.63, 3.8) is 0 Å². The third-order valence-corrected chi connectivity index (χ3v) is 5.59. The highest BCUT2D eigenvalue weighted by molar-refractivity contribution is 5.71. The van der Waals surface area contributed by atoms with Crippen LogP contribution in [0.15, 0.2) is 46.9 Å².